The van der Waals surface area contributed by atoms with Gasteiger partial charge in [-0.25, -0.2) is 13.9 Å². The maximum absolute atomic E-state index is 12.8. The summed E-state index contributed by atoms with van der Waals surface area (Å²) in [7, 11) is -10.6. The molecular formula is C15H19N3O12P2. The standard InChI is InChI=1S/C15H19N3O12P2/c19-11-4-6-17(15(22)18(11)7-9-3-1-2-5-16-9)14-13(21)12(20)10(29-14)8-28-32(26,27)30-31(23,24)25/h1-6,10,12-14,20-21H,7-8H2,(H,26,27)(H2,23,24,25)/t10?,12?,13-,14?/m0/s1. The lowest BCUT2D eigenvalue weighted by atomic mass is 10.1. The zero-order valence-electron chi connectivity index (χ0n) is 16.0. The number of hydrogen-bond acceptors (Lipinski definition) is 10. The molecule has 15 nitrogen and oxygen atoms in total. The number of ether oxygens (including phenoxy) is 1. The largest absolute Gasteiger partial charge is 0.481 e. The molecule has 5 atom stereocenters. The Morgan fingerprint density at radius 2 is 1.81 bits per heavy atom. The number of aliphatic hydroxyl groups excluding tert-OH is 2. The Labute approximate surface area is 178 Å². The van der Waals surface area contributed by atoms with Crippen LogP contribution in [0.5, 0.6) is 0 Å². The van der Waals surface area contributed by atoms with Crippen LogP contribution in [0.2, 0.25) is 0 Å². The maximum atomic E-state index is 12.8. The fourth-order valence-corrected chi connectivity index (χ4v) is 4.55. The van der Waals surface area contributed by atoms with Crippen LogP contribution < -0.4 is 11.2 Å². The molecule has 17 heteroatoms. The van der Waals surface area contributed by atoms with Gasteiger partial charge in [0.15, 0.2) is 6.23 Å². The van der Waals surface area contributed by atoms with Crippen molar-refractivity contribution in [2.75, 3.05) is 6.61 Å². The van der Waals surface area contributed by atoms with Crippen molar-refractivity contribution in [3.05, 3.63) is 63.2 Å². The van der Waals surface area contributed by atoms with E-state index in [1.54, 1.807) is 18.2 Å². The van der Waals surface area contributed by atoms with Gasteiger partial charge in [-0.15, -0.1) is 0 Å². The predicted octanol–water partition coefficient (Wildman–Crippen LogP) is -1.70. The van der Waals surface area contributed by atoms with Crippen molar-refractivity contribution in [1.29, 1.82) is 0 Å². The zero-order valence-corrected chi connectivity index (χ0v) is 17.8. The van der Waals surface area contributed by atoms with Gasteiger partial charge in [-0.2, -0.15) is 4.31 Å². The second-order valence-electron chi connectivity index (χ2n) is 6.63. The van der Waals surface area contributed by atoms with Crippen LogP contribution in [0.3, 0.4) is 0 Å². The van der Waals surface area contributed by atoms with Crippen molar-refractivity contribution in [3.8, 4) is 0 Å². The minimum Gasteiger partial charge on any atom is -0.387 e. The highest BCUT2D eigenvalue weighted by molar-refractivity contribution is 7.60. The number of aliphatic hydroxyl groups is 2. The molecule has 0 amide bonds. The highest BCUT2D eigenvalue weighted by Crippen LogP contribution is 2.57. The molecule has 2 aromatic rings. The molecule has 1 aliphatic rings. The average molecular weight is 495 g/mol. The van der Waals surface area contributed by atoms with Gasteiger partial charge in [-0.05, 0) is 12.1 Å². The zero-order chi connectivity index (χ0) is 23.7. The minimum absolute atomic E-state index is 0.176. The lowest BCUT2D eigenvalue weighted by molar-refractivity contribution is -0.0547. The number of nitrogens with zero attached hydrogens (tertiary/aromatic N) is 3. The third kappa shape index (κ3) is 5.85. The molecule has 5 N–H and O–H groups in total. The molecule has 2 aromatic heterocycles. The van der Waals surface area contributed by atoms with E-state index in [9.17, 15) is 33.8 Å². The van der Waals surface area contributed by atoms with E-state index in [1.807, 2.05) is 0 Å². The van der Waals surface area contributed by atoms with E-state index >= 15 is 0 Å². The first-order chi connectivity index (χ1) is 14.9. The monoisotopic (exact) mass is 495 g/mol. The lowest BCUT2D eigenvalue weighted by Crippen LogP contribution is -2.43. The minimum atomic E-state index is -5.36. The van der Waals surface area contributed by atoms with Gasteiger partial charge in [-0.3, -0.25) is 23.4 Å². The third-order valence-corrected chi connectivity index (χ3v) is 6.52. The molecule has 1 saturated heterocycles. The molecule has 4 unspecified atom stereocenters. The van der Waals surface area contributed by atoms with E-state index in [4.69, 9.17) is 14.5 Å². The Balaban J connectivity index is 1.79. The molecule has 3 heterocycles. The topological polar surface area (TPSA) is 220 Å². The van der Waals surface area contributed by atoms with Gasteiger partial charge < -0.3 is 29.6 Å². The Kier molecular flexibility index (Phi) is 7.27. The molecule has 0 saturated carbocycles. The Bertz CT molecular complexity index is 1160. The van der Waals surface area contributed by atoms with Gasteiger partial charge in [0.05, 0.1) is 18.8 Å². The van der Waals surface area contributed by atoms with Gasteiger partial charge in [0, 0.05) is 18.5 Å². The number of aromatic nitrogens is 3. The quantitative estimate of drug-likeness (QED) is 0.258. The smallest absolute Gasteiger partial charge is 0.387 e. The van der Waals surface area contributed by atoms with Gasteiger partial charge in [-0.1, -0.05) is 6.07 Å². The average Bonchev–Trinajstić information content (AvgIpc) is 2.97. The van der Waals surface area contributed by atoms with E-state index in [0.717, 1.165) is 21.4 Å². The summed E-state index contributed by atoms with van der Waals surface area (Å²) in [6.07, 6.45) is -3.93. The highest BCUT2D eigenvalue weighted by Gasteiger charge is 2.46. The summed E-state index contributed by atoms with van der Waals surface area (Å²) in [5, 5.41) is 20.4. The first-order valence-corrected chi connectivity index (χ1v) is 11.9. The number of hydrogen-bond donors (Lipinski definition) is 5. The van der Waals surface area contributed by atoms with Crippen molar-refractivity contribution in [3.63, 3.8) is 0 Å². The lowest BCUT2D eigenvalue weighted by Gasteiger charge is -2.19. The fourth-order valence-electron chi connectivity index (χ4n) is 2.95. The van der Waals surface area contributed by atoms with Crippen LogP contribution in [0.4, 0.5) is 0 Å². The van der Waals surface area contributed by atoms with Crippen molar-refractivity contribution < 1.29 is 47.6 Å². The van der Waals surface area contributed by atoms with E-state index in [0.29, 0.717) is 5.69 Å². The van der Waals surface area contributed by atoms with Crippen LogP contribution in [0.15, 0.2) is 46.2 Å². The summed E-state index contributed by atoms with van der Waals surface area (Å²) in [4.78, 5) is 55.5. The van der Waals surface area contributed by atoms with Gasteiger partial charge >= 0.3 is 21.3 Å². The molecule has 0 radical (unpaired) electrons. The van der Waals surface area contributed by atoms with Gasteiger partial charge in [0.2, 0.25) is 0 Å². The molecule has 3 rings (SSSR count). The van der Waals surface area contributed by atoms with Crippen LogP contribution in [0.1, 0.15) is 11.9 Å². The van der Waals surface area contributed by atoms with Crippen molar-refractivity contribution >= 4 is 15.6 Å². The first-order valence-electron chi connectivity index (χ1n) is 8.86. The molecule has 1 aliphatic heterocycles. The number of phosphoric acid groups is 2. The fraction of sp³-hybridized carbons (Fsp3) is 0.400. The highest BCUT2D eigenvalue weighted by atomic mass is 31.3. The first kappa shape index (κ1) is 24.6. The summed E-state index contributed by atoms with van der Waals surface area (Å²) in [5.74, 6) is 0. The van der Waals surface area contributed by atoms with E-state index in [1.165, 1.54) is 6.20 Å². The second kappa shape index (κ2) is 9.45. The summed E-state index contributed by atoms with van der Waals surface area (Å²) >= 11 is 0. The summed E-state index contributed by atoms with van der Waals surface area (Å²) in [5.41, 5.74) is -1.13. The molecule has 0 aliphatic carbocycles. The van der Waals surface area contributed by atoms with Crippen LogP contribution in [-0.4, -0.2) is 63.9 Å². The Hall–Kier alpha value is -2.03. The van der Waals surface area contributed by atoms with Crippen LogP contribution in [0.25, 0.3) is 0 Å². The van der Waals surface area contributed by atoms with Crippen LogP contribution >= 0.6 is 15.6 Å². The molecule has 0 bridgehead atoms. The summed E-state index contributed by atoms with van der Waals surface area (Å²) in [6.45, 7) is -1.10. The molecule has 0 spiro atoms. The predicted molar refractivity (Wildman–Crippen MR) is 103 cm³/mol. The molecule has 32 heavy (non-hydrogen) atoms. The number of pyridine rings is 1. The van der Waals surface area contributed by atoms with E-state index in [-0.39, 0.29) is 6.54 Å². The van der Waals surface area contributed by atoms with Crippen molar-refractivity contribution in [1.82, 2.24) is 14.1 Å². The molecule has 1 fully saturated rings. The SMILES string of the molecule is O=c1ccn(C2OC(COP(=O)(O)OP(=O)(O)O)C(O)[C@@H]2O)c(=O)n1Cc1ccccn1. The van der Waals surface area contributed by atoms with E-state index in [2.05, 4.69) is 13.8 Å². The van der Waals surface area contributed by atoms with Crippen LogP contribution in [-0.2, 0) is 29.2 Å². The van der Waals surface area contributed by atoms with Crippen LogP contribution in [0, 0.1) is 0 Å². The summed E-state index contributed by atoms with van der Waals surface area (Å²) in [6, 6.07) is 5.94. The molecule has 0 aromatic carbocycles. The number of rotatable bonds is 8. The Morgan fingerprint density at radius 3 is 2.44 bits per heavy atom. The molecule has 176 valence electrons. The van der Waals surface area contributed by atoms with Crippen molar-refractivity contribution in [2.24, 2.45) is 0 Å². The third-order valence-electron chi connectivity index (χ3n) is 4.36. The number of phosphoric ester groups is 1. The van der Waals surface area contributed by atoms with Gasteiger partial charge in [0.25, 0.3) is 5.56 Å². The normalized spacial score (nSPS) is 25.5. The van der Waals surface area contributed by atoms with E-state index < -0.39 is 58.0 Å². The Morgan fingerprint density at radius 1 is 1.09 bits per heavy atom. The molecular weight excluding hydrogens is 476 g/mol. The summed E-state index contributed by atoms with van der Waals surface area (Å²) < 4.78 is 37.3. The maximum Gasteiger partial charge on any atom is 0.481 e. The van der Waals surface area contributed by atoms with Crippen molar-refractivity contribution in [2.45, 2.75) is 31.1 Å². The second-order valence-corrected chi connectivity index (χ2v) is 9.46. The van der Waals surface area contributed by atoms with Gasteiger partial charge in [0.1, 0.15) is 18.3 Å².